The Morgan fingerprint density at radius 3 is 2.88 bits per heavy atom. The van der Waals surface area contributed by atoms with Gasteiger partial charge in [0, 0.05) is 22.0 Å². The third kappa shape index (κ3) is 2.22. The minimum atomic E-state index is -0.242. The van der Waals surface area contributed by atoms with E-state index in [-0.39, 0.29) is 5.91 Å². The maximum atomic E-state index is 11.6. The number of halogens is 1. The number of nitrogen functional groups attached to an aromatic ring is 1. The molecule has 1 aromatic heterocycles. The average Bonchev–Trinajstić information content (AvgIpc) is 2.77. The molecule has 0 bridgehead atoms. The van der Waals surface area contributed by atoms with Gasteiger partial charge in [0.15, 0.2) is 0 Å². The Balaban J connectivity index is 2.15. The standard InChI is InChI=1S/C10H9BrN4O/c11-7-5-6(1-2-8(7)12)14-10(16)9-3-4-13-15-9/h1-5H,12H2,(H,13,15)(H,14,16). The first-order valence-corrected chi connectivity index (χ1v) is 5.32. The smallest absolute Gasteiger partial charge is 0.273 e. The summed E-state index contributed by atoms with van der Waals surface area (Å²) in [5.74, 6) is -0.242. The minimum Gasteiger partial charge on any atom is -0.398 e. The van der Waals surface area contributed by atoms with E-state index in [9.17, 15) is 4.79 Å². The predicted octanol–water partition coefficient (Wildman–Crippen LogP) is 2.01. The summed E-state index contributed by atoms with van der Waals surface area (Å²) in [6.45, 7) is 0. The van der Waals surface area contributed by atoms with Crippen molar-refractivity contribution in [2.24, 2.45) is 0 Å². The molecule has 1 heterocycles. The summed E-state index contributed by atoms with van der Waals surface area (Å²) in [7, 11) is 0. The summed E-state index contributed by atoms with van der Waals surface area (Å²) in [5.41, 5.74) is 7.34. The number of nitrogens with zero attached hydrogens (tertiary/aromatic N) is 1. The quantitative estimate of drug-likeness (QED) is 0.736. The molecule has 0 radical (unpaired) electrons. The second-order valence-corrected chi connectivity index (χ2v) is 4.02. The van der Waals surface area contributed by atoms with Crippen molar-refractivity contribution in [1.82, 2.24) is 10.2 Å². The molecular weight excluding hydrogens is 272 g/mol. The van der Waals surface area contributed by atoms with Gasteiger partial charge in [0.05, 0.1) is 0 Å². The van der Waals surface area contributed by atoms with Crippen LogP contribution in [-0.2, 0) is 0 Å². The van der Waals surface area contributed by atoms with Gasteiger partial charge in [-0.15, -0.1) is 0 Å². The first-order valence-electron chi connectivity index (χ1n) is 4.52. The SMILES string of the molecule is Nc1ccc(NC(=O)c2ccn[nH]2)cc1Br. The number of benzene rings is 1. The van der Waals surface area contributed by atoms with Crippen LogP contribution in [0.4, 0.5) is 11.4 Å². The number of carbonyl (C=O) groups excluding carboxylic acids is 1. The van der Waals surface area contributed by atoms with E-state index in [0.29, 0.717) is 17.1 Å². The van der Waals surface area contributed by atoms with Crippen LogP contribution in [0.1, 0.15) is 10.5 Å². The highest BCUT2D eigenvalue weighted by Crippen LogP contribution is 2.23. The molecule has 5 nitrogen and oxygen atoms in total. The van der Waals surface area contributed by atoms with E-state index < -0.39 is 0 Å². The Labute approximate surface area is 100 Å². The summed E-state index contributed by atoms with van der Waals surface area (Å²) >= 11 is 3.29. The fraction of sp³-hybridized carbons (Fsp3) is 0. The Hall–Kier alpha value is -1.82. The molecule has 0 aliphatic heterocycles. The number of carbonyl (C=O) groups is 1. The van der Waals surface area contributed by atoms with Gasteiger partial charge in [0.1, 0.15) is 5.69 Å². The monoisotopic (exact) mass is 280 g/mol. The van der Waals surface area contributed by atoms with Crippen LogP contribution in [0.25, 0.3) is 0 Å². The number of amides is 1. The Bertz CT molecular complexity index is 510. The van der Waals surface area contributed by atoms with E-state index in [1.54, 1.807) is 24.3 Å². The lowest BCUT2D eigenvalue weighted by Crippen LogP contribution is -2.12. The summed E-state index contributed by atoms with van der Waals surface area (Å²) in [4.78, 5) is 11.6. The molecule has 2 aromatic rings. The van der Waals surface area contributed by atoms with E-state index in [0.717, 1.165) is 4.47 Å². The van der Waals surface area contributed by atoms with Crippen LogP contribution in [0, 0.1) is 0 Å². The van der Waals surface area contributed by atoms with Crippen LogP contribution in [0.2, 0.25) is 0 Å². The van der Waals surface area contributed by atoms with Crippen LogP contribution in [0.3, 0.4) is 0 Å². The Morgan fingerprint density at radius 1 is 1.44 bits per heavy atom. The van der Waals surface area contributed by atoms with E-state index in [1.807, 2.05) is 0 Å². The largest absolute Gasteiger partial charge is 0.398 e. The van der Waals surface area contributed by atoms with Crippen molar-refractivity contribution in [2.45, 2.75) is 0 Å². The van der Waals surface area contributed by atoms with Crippen molar-refractivity contribution in [3.8, 4) is 0 Å². The second-order valence-electron chi connectivity index (χ2n) is 3.16. The normalized spacial score (nSPS) is 10.1. The molecule has 0 aliphatic carbocycles. The molecule has 16 heavy (non-hydrogen) atoms. The van der Waals surface area contributed by atoms with E-state index >= 15 is 0 Å². The number of nitrogens with two attached hydrogens (primary N) is 1. The maximum Gasteiger partial charge on any atom is 0.273 e. The Kier molecular flexibility index (Phi) is 2.91. The molecule has 1 amide bonds. The summed E-state index contributed by atoms with van der Waals surface area (Å²) < 4.78 is 0.745. The topological polar surface area (TPSA) is 83.8 Å². The van der Waals surface area contributed by atoms with Gasteiger partial charge in [0.25, 0.3) is 5.91 Å². The second kappa shape index (κ2) is 4.36. The predicted molar refractivity (Wildman–Crippen MR) is 65.1 cm³/mol. The van der Waals surface area contributed by atoms with Crippen molar-refractivity contribution in [3.63, 3.8) is 0 Å². The average molecular weight is 281 g/mol. The number of aromatic nitrogens is 2. The van der Waals surface area contributed by atoms with Gasteiger partial charge < -0.3 is 11.1 Å². The molecule has 2 rings (SSSR count). The van der Waals surface area contributed by atoms with Crippen molar-refractivity contribution in [1.29, 1.82) is 0 Å². The fourth-order valence-electron chi connectivity index (χ4n) is 1.19. The molecule has 4 N–H and O–H groups in total. The minimum absolute atomic E-state index is 0.242. The molecule has 0 aliphatic rings. The molecule has 0 saturated carbocycles. The van der Waals surface area contributed by atoms with E-state index in [2.05, 4.69) is 31.4 Å². The lowest BCUT2D eigenvalue weighted by atomic mass is 10.3. The summed E-state index contributed by atoms with van der Waals surface area (Å²) in [6.07, 6.45) is 1.52. The van der Waals surface area contributed by atoms with E-state index in [1.165, 1.54) is 6.20 Å². The van der Waals surface area contributed by atoms with Gasteiger partial charge >= 0.3 is 0 Å². The number of rotatable bonds is 2. The lowest BCUT2D eigenvalue weighted by molar-refractivity contribution is 0.102. The number of H-pyrrole nitrogens is 1. The molecule has 0 spiro atoms. The highest BCUT2D eigenvalue weighted by molar-refractivity contribution is 9.10. The highest BCUT2D eigenvalue weighted by atomic mass is 79.9. The molecule has 6 heteroatoms. The number of hydrogen-bond acceptors (Lipinski definition) is 3. The van der Waals surface area contributed by atoms with Gasteiger partial charge in [-0.05, 0) is 40.2 Å². The van der Waals surface area contributed by atoms with Crippen molar-refractivity contribution >= 4 is 33.2 Å². The van der Waals surface area contributed by atoms with Crippen molar-refractivity contribution < 1.29 is 4.79 Å². The maximum absolute atomic E-state index is 11.6. The molecule has 0 atom stereocenters. The van der Waals surface area contributed by atoms with Gasteiger partial charge in [-0.1, -0.05) is 0 Å². The fourth-order valence-corrected chi connectivity index (χ4v) is 1.56. The number of aromatic amines is 1. The van der Waals surface area contributed by atoms with Gasteiger partial charge in [0.2, 0.25) is 0 Å². The molecule has 82 valence electrons. The Morgan fingerprint density at radius 2 is 2.25 bits per heavy atom. The zero-order valence-electron chi connectivity index (χ0n) is 8.20. The molecular formula is C10H9BrN4O. The van der Waals surface area contributed by atoms with Crippen LogP contribution >= 0.6 is 15.9 Å². The zero-order chi connectivity index (χ0) is 11.5. The molecule has 0 fully saturated rings. The molecule has 1 aromatic carbocycles. The highest BCUT2D eigenvalue weighted by Gasteiger charge is 2.07. The van der Waals surface area contributed by atoms with Gasteiger partial charge in [-0.25, -0.2) is 0 Å². The van der Waals surface area contributed by atoms with Crippen molar-refractivity contribution in [3.05, 3.63) is 40.6 Å². The van der Waals surface area contributed by atoms with Crippen LogP contribution < -0.4 is 11.1 Å². The molecule has 0 saturated heterocycles. The third-order valence-electron chi connectivity index (χ3n) is 2.00. The molecule has 0 unspecified atom stereocenters. The summed E-state index contributed by atoms with van der Waals surface area (Å²) in [5, 5.41) is 9.00. The van der Waals surface area contributed by atoms with Crippen LogP contribution in [-0.4, -0.2) is 16.1 Å². The number of nitrogens with one attached hydrogen (secondary N) is 2. The van der Waals surface area contributed by atoms with Gasteiger partial charge in [-0.2, -0.15) is 5.10 Å². The third-order valence-corrected chi connectivity index (χ3v) is 2.69. The van der Waals surface area contributed by atoms with Crippen LogP contribution in [0.15, 0.2) is 34.9 Å². The first-order chi connectivity index (χ1) is 7.66. The summed E-state index contributed by atoms with van der Waals surface area (Å²) in [6, 6.07) is 6.78. The van der Waals surface area contributed by atoms with Gasteiger partial charge in [-0.3, -0.25) is 9.89 Å². The van der Waals surface area contributed by atoms with Crippen LogP contribution in [0.5, 0.6) is 0 Å². The lowest BCUT2D eigenvalue weighted by Gasteiger charge is -2.05. The van der Waals surface area contributed by atoms with Crippen molar-refractivity contribution in [2.75, 3.05) is 11.1 Å². The van der Waals surface area contributed by atoms with E-state index in [4.69, 9.17) is 5.73 Å². The zero-order valence-corrected chi connectivity index (χ0v) is 9.78. The number of hydrogen-bond donors (Lipinski definition) is 3. The number of anilines is 2. The first kappa shape index (κ1) is 10.7.